The van der Waals surface area contributed by atoms with E-state index >= 15 is 0 Å². The van der Waals surface area contributed by atoms with Gasteiger partial charge in [0.2, 0.25) is 0 Å². The van der Waals surface area contributed by atoms with Crippen LogP contribution in [0, 0.1) is 0 Å². The standard InChI is InChI=1S/C58H35N5/c1-4-16-37(17-5-1)57-59-54-45-25-11-13-29-49(45)61(40-20-6-2-7-21-40)56(54)58(60-57)63-48-28-12-10-24-42(48)43-32-30-38(34-50(43)63)39-31-33-44-51(35-39)62(41-22-8-3-9-23-41)55-47-27-15-19-36-18-14-26-46(52(36)47)53(44)55/h1-35H. The lowest BCUT2D eigenvalue weighted by atomic mass is 9.99. The van der Waals surface area contributed by atoms with Gasteiger partial charge in [-0.15, -0.1) is 0 Å². The van der Waals surface area contributed by atoms with Crippen LogP contribution in [0.5, 0.6) is 0 Å². The minimum absolute atomic E-state index is 0.689. The highest BCUT2D eigenvalue weighted by Gasteiger charge is 2.30. The number of benzene rings is 9. The van der Waals surface area contributed by atoms with Gasteiger partial charge in [-0.3, -0.25) is 4.57 Å². The van der Waals surface area contributed by atoms with E-state index in [-0.39, 0.29) is 0 Å². The summed E-state index contributed by atoms with van der Waals surface area (Å²) in [7, 11) is 0. The fourth-order valence-corrected chi connectivity index (χ4v) is 10.5. The summed E-state index contributed by atoms with van der Waals surface area (Å²) in [6, 6.07) is 76.5. The molecule has 0 saturated carbocycles. The molecule has 63 heavy (non-hydrogen) atoms. The maximum Gasteiger partial charge on any atom is 0.166 e. The molecule has 5 heteroatoms. The van der Waals surface area contributed by atoms with Gasteiger partial charge in [0.1, 0.15) is 11.0 Å². The van der Waals surface area contributed by atoms with Crippen LogP contribution in [0.4, 0.5) is 0 Å². The molecule has 9 aromatic carbocycles. The minimum atomic E-state index is 0.689. The van der Waals surface area contributed by atoms with Gasteiger partial charge in [0.15, 0.2) is 11.6 Å². The predicted molar refractivity (Wildman–Crippen MR) is 260 cm³/mol. The van der Waals surface area contributed by atoms with Gasteiger partial charge in [-0.25, -0.2) is 9.97 Å². The van der Waals surface area contributed by atoms with Gasteiger partial charge >= 0.3 is 0 Å². The first-order chi connectivity index (χ1) is 31.3. The van der Waals surface area contributed by atoms with Crippen LogP contribution in [0.15, 0.2) is 212 Å². The maximum atomic E-state index is 5.57. The number of hydrogen-bond acceptors (Lipinski definition) is 2. The highest BCUT2D eigenvalue weighted by atomic mass is 15.1. The zero-order chi connectivity index (χ0) is 41.2. The highest BCUT2D eigenvalue weighted by Crippen LogP contribution is 2.53. The van der Waals surface area contributed by atoms with Crippen molar-refractivity contribution in [1.29, 1.82) is 0 Å². The van der Waals surface area contributed by atoms with E-state index in [9.17, 15) is 0 Å². The molecule has 0 fully saturated rings. The zero-order valence-corrected chi connectivity index (χ0v) is 33.9. The van der Waals surface area contributed by atoms with E-state index in [1.807, 2.05) is 6.07 Å². The van der Waals surface area contributed by atoms with E-state index in [4.69, 9.17) is 9.97 Å². The molecule has 5 nitrogen and oxygen atoms in total. The van der Waals surface area contributed by atoms with Crippen molar-refractivity contribution in [2.45, 2.75) is 0 Å². The third-order valence-electron chi connectivity index (χ3n) is 13.2. The van der Waals surface area contributed by atoms with Crippen molar-refractivity contribution >= 4 is 65.4 Å². The van der Waals surface area contributed by atoms with E-state index in [1.54, 1.807) is 0 Å². The van der Waals surface area contributed by atoms with Gasteiger partial charge in [-0.1, -0.05) is 164 Å². The second kappa shape index (κ2) is 13.0. The van der Waals surface area contributed by atoms with Crippen LogP contribution in [0.25, 0.3) is 128 Å². The quantitative estimate of drug-likeness (QED) is 0.174. The third kappa shape index (κ3) is 4.82. The van der Waals surface area contributed by atoms with E-state index in [2.05, 4.69) is 220 Å². The molecule has 292 valence electrons. The first-order valence-electron chi connectivity index (χ1n) is 21.5. The van der Waals surface area contributed by atoms with Crippen LogP contribution in [0.3, 0.4) is 0 Å². The number of fused-ring (bicyclic) bond motifs is 11. The lowest BCUT2D eigenvalue weighted by Crippen LogP contribution is -2.05. The normalized spacial score (nSPS) is 12.1. The van der Waals surface area contributed by atoms with Crippen molar-refractivity contribution < 1.29 is 0 Å². The summed E-state index contributed by atoms with van der Waals surface area (Å²) in [5, 5.41) is 7.28. The van der Waals surface area contributed by atoms with Gasteiger partial charge in [0.05, 0.1) is 27.8 Å². The summed E-state index contributed by atoms with van der Waals surface area (Å²) in [5.41, 5.74) is 16.9. The van der Waals surface area contributed by atoms with Crippen LogP contribution in [0.2, 0.25) is 0 Å². The Hall–Kier alpha value is -8.54. The average molecular weight is 802 g/mol. The van der Waals surface area contributed by atoms with Crippen molar-refractivity contribution in [2.75, 3.05) is 0 Å². The Labute approximate surface area is 362 Å². The van der Waals surface area contributed by atoms with Crippen LogP contribution >= 0.6 is 0 Å². The smallest absolute Gasteiger partial charge is 0.166 e. The van der Waals surface area contributed by atoms with Crippen molar-refractivity contribution in [3.8, 4) is 62.1 Å². The first-order valence-corrected chi connectivity index (χ1v) is 21.5. The molecule has 0 atom stereocenters. The van der Waals surface area contributed by atoms with E-state index in [0.29, 0.717) is 5.82 Å². The van der Waals surface area contributed by atoms with Crippen molar-refractivity contribution in [3.63, 3.8) is 0 Å². The molecule has 0 amide bonds. The Morgan fingerprint density at radius 2 is 0.905 bits per heavy atom. The number of rotatable bonds is 5. The lowest BCUT2D eigenvalue weighted by molar-refractivity contribution is 1.05. The Kier molecular flexibility index (Phi) is 7.05. The maximum absolute atomic E-state index is 5.57. The van der Waals surface area contributed by atoms with Gasteiger partial charge < -0.3 is 9.13 Å². The summed E-state index contributed by atoms with van der Waals surface area (Å²) >= 11 is 0. The van der Waals surface area contributed by atoms with Gasteiger partial charge in [0, 0.05) is 49.6 Å². The van der Waals surface area contributed by atoms with E-state index in [1.165, 1.54) is 54.8 Å². The topological polar surface area (TPSA) is 40.6 Å². The summed E-state index contributed by atoms with van der Waals surface area (Å²) in [4.78, 5) is 11.0. The van der Waals surface area contributed by atoms with Crippen LogP contribution < -0.4 is 0 Å². The van der Waals surface area contributed by atoms with Crippen LogP contribution in [-0.2, 0) is 0 Å². The zero-order valence-electron chi connectivity index (χ0n) is 33.9. The molecule has 1 aliphatic rings. The lowest BCUT2D eigenvalue weighted by Gasteiger charge is -2.15. The van der Waals surface area contributed by atoms with Crippen LogP contribution in [-0.4, -0.2) is 23.7 Å². The molecular weight excluding hydrogens is 767 g/mol. The highest BCUT2D eigenvalue weighted by molar-refractivity contribution is 6.22. The van der Waals surface area contributed by atoms with Gasteiger partial charge in [-0.05, 0) is 76.0 Å². The largest absolute Gasteiger partial charge is 0.309 e. The SMILES string of the molecule is c1ccc(-c2nc(-n3c4ccccc4c4ccc(-c5ccc6c7c(n(-c8ccccc8)c6c5)-c5cccc6cccc-7c56)cc43)c3c(n2)c2ccccc2n3-c2ccccc2)cc1. The average Bonchev–Trinajstić information content (AvgIpc) is 4.08. The molecular formula is C58H35N5. The Balaban J connectivity index is 1.06. The molecule has 0 N–H and O–H groups in total. The van der Waals surface area contributed by atoms with Crippen molar-refractivity contribution in [1.82, 2.24) is 23.7 Å². The molecule has 0 unspecified atom stereocenters. The molecule has 0 aliphatic heterocycles. The Bertz CT molecular complexity index is 4000. The third-order valence-corrected chi connectivity index (χ3v) is 13.2. The molecule has 14 rings (SSSR count). The molecule has 0 bridgehead atoms. The molecule has 4 heterocycles. The second-order valence-corrected chi connectivity index (χ2v) is 16.5. The Morgan fingerprint density at radius 3 is 1.62 bits per heavy atom. The number of aromatic nitrogens is 5. The fourth-order valence-electron chi connectivity index (χ4n) is 10.5. The number of hydrogen-bond donors (Lipinski definition) is 0. The molecule has 0 saturated heterocycles. The van der Waals surface area contributed by atoms with E-state index < -0.39 is 0 Å². The molecule has 13 aromatic rings. The Morgan fingerprint density at radius 1 is 0.349 bits per heavy atom. The molecule has 0 spiro atoms. The monoisotopic (exact) mass is 801 g/mol. The fraction of sp³-hybridized carbons (Fsp3) is 0. The van der Waals surface area contributed by atoms with Gasteiger partial charge in [0.25, 0.3) is 0 Å². The molecule has 1 aliphatic carbocycles. The van der Waals surface area contributed by atoms with Crippen molar-refractivity contribution in [2.24, 2.45) is 0 Å². The van der Waals surface area contributed by atoms with E-state index in [0.717, 1.165) is 66.9 Å². The predicted octanol–water partition coefficient (Wildman–Crippen LogP) is 14.7. The molecule has 0 radical (unpaired) electrons. The first kappa shape index (κ1) is 34.2. The van der Waals surface area contributed by atoms with Crippen LogP contribution in [0.1, 0.15) is 0 Å². The number of nitrogens with zero attached hydrogens (tertiary/aromatic N) is 5. The number of para-hydroxylation sites is 4. The van der Waals surface area contributed by atoms with Gasteiger partial charge in [-0.2, -0.15) is 0 Å². The second-order valence-electron chi connectivity index (χ2n) is 16.5. The minimum Gasteiger partial charge on any atom is -0.309 e. The summed E-state index contributed by atoms with van der Waals surface area (Å²) in [6.07, 6.45) is 0. The summed E-state index contributed by atoms with van der Waals surface area (Å²) in [5.74, 6) is 1.52. The van der Waals surface area contributed by atoms with Crippen molar-refractivity contribution in [3.05, 3.63) is 212 Å². The molecule has 4 aromatic heterocycles. The summed E-state index contributed by atoms with van der Waals surface area (Å²) in [6.45, 7) is 0. The summed E-state index contributed by atoms with van der Waals surface area (Å²) < 4.78 is 7.19.